The molecule has 1 atom stereocenters. The van der Waals surface area contributed by atoms with Gasteiger partial charge in [0.15, 0.2) is 0 Å². The summed E-state index contributed by atoms with van der Waals surface area (Å²) in [5.74, 6) is -1.02. The van der Waals surface area contributed by atoms with Crippen molar-refractivity contribution in [3.05, 3.63) is 71.0 Å². The minimum atomic E-state index is -0.599. The largest absolute Gasteiger partial charge is 0.394 e. The Labute approximate surface area is 122 Å². The predicted octanol–water partition coefficient (Wildman–Crippen LogP) is 1.75. The number of rotatable bonds is 6. The third-order valence-electron chi connectivity index (χ3n) is 3.25. The first kappa shape index (κ1) is 15.2. The van der Waals surface area contributed by atoms with Gasteiger partial charge in [-0.2, -0.15) is 0 Å². The molecular weight excluding hydrogens is 271 g/mol. The molecule has 2 aromatic rings. The predicted molar refractivity (Wildman–Crippen MR) is 78.0 cm³/mol. The quantitative estimate of drug-likeness (QED) is 0.758. The van der Waals surface area contributed by atoms with E-state index in [2.05, 4.69) is 5.32 Å². The summed E-state index contributed by atoms with van der Waals surface area (Å²) in [7, 11) is 0. The van der Waals surface area contributed by atoms with E-state index in [0.717, 1.165) is 5.56 Å². The minimum absolute atomic E-state index is 0.110. The highest BCUT2D eigenvalue weighted by molar-refractivity contribution is 5.92. The topological polar surface area (TPSA) is 75.4 Å². The van der Waals surface area contributed by atoms with Crippen molar-refractivity contribution in [2.75, 3.05) is 6.61 Å². The molecule has 0 saturated carbocycles. The van der Waals surface area contributed by atoms with Crippen LogP contribution in [-0.2, 0) is 6.54 Å². The van der Waals surface area contributed by atoms with E-state index in [9.17, 15) is 14.3 Å². The highest BCUT2D eigenvalue weighted by Gasteiger charge is 2.12. The lowest BCUT2D eigenvalue weighted by Gasteiger charge is -2.17. The van der Waals surface area contributed by atoms with E-state index >= 15 is 0 Å². The van der Waals surface area contributed by atoms with Crippen LogP contribution in [0.3, 0.4) is 0 Å². The van der Waals surface area contributed by atoms with Crippen molar-refractivity contribution in [2.45, 2.75) is 12.6 Å². The number of nitrogens with two attached hydrogens (primary N) is 1. The number of aliphatic hydroxyl groups excluding tert-OH is 1. The zero-order valence-electron chi connectivity index (χ0n) is 11.4. The molecule has 110 valence electrons. The maximum absolute atomic E-state index is 13.7. The Morgan fingerprint density at radius 3 is 2.57 bits per heavy atom. The van der Waals surface area contributed by atoms with Crippen molar-refractivity contribution in [1.29, 1.82) is 0 Å². The smallest absolute Gasteiger partial charge is 0.248 e. The molecule has 0 radical (unpaired) electrons. The van der Waals surface area contributed by atoms with Gasteiger partial charge in [0.2, 0.25) is 5.91 Å². The van der Waals surface area contributed by atoms with E-state index in [-0.39, 0.29) is 24.8 Å². The molecule has 5 heteroatoms. The van der Waals surface area contributed by atoms with Crippen molar-refractivity contribution in [3.63, 3.8) is 0 Å². The standard InChI is InChI=1S/C16H17FN2O2/c17-14-7-6-12(16(18)21)8-13(14)9-19-15(10-20)11-4-2-1-3-5-11/h1-8,15,19-20H,9-10H2,(H2,18,21). The fourth-order valence-electron chi connectivity index (χ4n) is 2.07. The highest BCUT2D eigenvalue weighted by Crippen LogP contribution is 2.15. The van der Waals surface area contributed by atoms with Gasteiger partial charge >= 0.3 is 0 Å². The number of hydrogen-bond donors (Lipinski definition) is 3. The van der Waals surface area contributed by atoms with Crippen molar-refractivity contribution in [2.24, 2.45) is 5.73 Å². The van der Waals surface area contributed by atoms with E-state index in [1.54, 1.807) is 0 Å². The summed E-state index contributed by atoms with van der Waals surface area (Å²) < 4.78 is 13.7. The number of hydrogen-bond acceptors (Lipinski definition) is 3. The van der Waals surface area contributed by atoms with Crippen LogP contribution in [0.2, 0.25) is 0 Å². The first-order valence-corrected chi connectivity index (χ1v) is 6.59. The van der Waals surface area contributed by atoms with E-state index < -0.39 is 11.7 Å². The van der Waals surface area contributed by atoms with Crippen LogP contribution in [-0.4, -0.2) is 17.6 Å². The van der Waals surface area contributed by atoms with Gasteiger partial charge in [0, 0.05) is 17.7 Å². The molecule has 0 heterocycles. The van der Waals surface area contributed by atoms with Crippen LogP contribution in [0.4, 0.5) is 4.39 Å². The third-order valence-corrected chi connectivity index (χ3v) is 3.25. The van der Waals surface area contributed by atoms with Gasteiger partial charge < -0.3 is 16.2 Å². The van der Waals surface area contributed by atoms with Crippen molar-refractivity contribution < 1.29 is 14.3 Å². The molecule has 0 spiro atoms. The number of carbonyl (C=O) groups is 1. The second-order valence-corrected chi connectivity index (χ2v) is 4.70. The van der Waals surface area contributed by atoms with Crippen molar-refractivity contribution in [1.82, 2.24) is 5.32 Å². The van der Waals surface area contributed by atoms with E-state index in [4.69, 9.17) is 5.73 Å². The number of primary amides is 1. The fourth-order valence-corrected chi connectivity index (χ4v) is 2.07. The molecule has 0 aliphatic heterocycles. The van der Waals surface area contributed by atoms with Crippen LogP contribution < -0.4 is 11.1 Å². The summed E-state index contributed by atoms with van der Waals surface area (Å²) in [5, 5.41) is 12.5. The lowest BCUT2D eigenvalue weighted by Crippen LogP contribution is -2.24. The van der Waals surface area contributed by atoms with Gasteiger partial charge in [-0.15, -0.1) is 0 Å². The lowest BCUT2D eigenvalue weighted by molar-refractivity contribution is 0.1000. The summed E-state index contributed by atoms with van der Waals surface area (Å²) >= 11 is 0. The maximum Gasteiger partial charge on any atom is 0.248 e. The number of amides is 1. The highest BCUT2D eigenvalue weighted by atomic mass is 19.1. The summed E-state index contributed by atoms with van der Waals surface area (Å²) in [6.45, 7) is 0.0776. The Morgan fingerprint density at radius 2 is 1.95 bits per heavy atom. The number of aliphatic hydroxyl groups is 1. The lowest BCUT2D eigenvalue weighted by atomic mass is 10.1. The summed E-state index contributed by atoms with van der Waals surface area (Å²) in [4.78, 5) is 11.1. The molecular formula is C16H17FN2O2. The number of halogens is 1. The van der Waals surface area contributed by atoms with Gasteiger partial charge in [-0.3, -0.25) is 4.79 Å². The van der Waals surface area contributed by atoms with Crippen LogP contribution in [0.25, 0.3) is 0 Å². The van der Waals surface area contributed by atoms with Crippen LogP contribution in [0, 0.1) is 5.82 Å². The van der Waals surface area contributed by atoms with Crippen LogP contribution in [0.5, 0.6) is 0 Å². The second-order valence-electron chi connectivity index (χ2n) is 4.70. The van der Waals surface area contributed by atoms with Crippen molar-refractivity contribution in [3.8, 4) is 0 Å². The monoisotopic (exact) mass is 288 g/mol. The second kappa shape index (κ2) is 6.97. The van der Waals surface area contributed by atoms with Crippen LogP contribution in [0.1, 0.15) is 27.5 Å². The summed E-state index contributed by atoms with van der Waals surface area (Å²) in [6.07, 6.45) is 0. The van der Waals surface area contributed by atoms with Crippen molar-refractivity contribution >= 4 is 5.91 Å². The molecule has 0 saturated heterocycles. The average molecular weight is 288 g/mol. The molecule has 1 unspecified atom stereocenters. The van der Waals surface area contributed by atoms with Gasteiger partial charge in [-0.1, -0.05) is 30.3 Å². The normalized spacial score (nSPS) is 12.1. The molecule has 0 bridgehead atoms. The van der Waals surface area contributed by atoms with E-state index in [1.165, 1.54) is 18.2 Å². The summed E-state index contributed by atoms with van der Waals surface area (Å²) in [6, 6.07) is 13.1. The molecule has 4 nitrogen and oxygen atoms in total. The molecule has 0 aliphatic rings. The Balaban J connectivity index is 2.11. The minimum Gasteiger partial charge on any atom is -0.394 e. The van der Waals surface area contributed by atoms with Gasteiger partial charge in [0.1, 0.15) is 5.82 Å². The zero-order valence-corrected chi connectivity index (χ0v) is 11.4. The van der Waals surface area contributed by atoms with Gasteiger partial charge in [0.25, 0.3) is 0 Å². The molecule has 21 heavy (non-hydrogen) atoms. The third kappa shape index (κ3) is 3.87. The SMILES string of the molecule is NC(=O)c1ccc(F)c(CNC(CO)c2ccccc2)c1. The Kier molecular flexibility index (Phi) is 5.03. The fraction of sp³-hybridized carbons (Fsp3) is 0.188. The maximum atomic E-state index is 13.7. The number of carbonyl (C=O) groups excluding carboxylic acids is 1. The molecule has 0 aliphatic carbocycles. The first-order valence-electron chi connectivity index (χ1n) is 6.59. The molecule has 2 rings (SSSR count). The Bertz CT molecular complexity index is 617. The van der Waals surface area contributed by atoms with E-state index in [0.29, 0.717) is 5.56 Å². The van der Waals surface area contributed by atoms with Crippen LogP contribution in [0.15, 0.2) is 48.5 Å². The zero-order chi connectivity index (χ0) is 15.2. The van der Waals surface area contributed by atoms with Gasteiger partial charge in [-0.25, -0.2) is 4.39 Å². The summed E-state index contributed by atoms with van der Waals surface area (Å²) in [5.41, 5.74) is 6.68. The van der Waals surface area contributed by atoms with E-state index in [1.807, 2.05) is 30.3 Å². The Morgan fingerprint density at radius 1 is 1.24 bits per heavy atom. The number of nitrogens with one attached hydrogen (secondary N) is 1. The average Bonchev–Trinajstić information content (AvgIpc) is 2.50. The molecule has 4 N–H and O–H groups in total. The molecule has 2 aromatic carbocycles. The molecule has 0 fully saturated rings. The van der Waals surface area contributed by atoms with Gasteiger partial charge in [-0.05, 0) is 23.8 Å². The Hall–Kier alpha value is -2.24. The van der Waals surface area contributed by atoms with Gasteiger partial charge in [0.05, 0.1) is 12.6 Å². The molecule has 0 aromatic heterocycles. The molecule has 1 amide bonds. The van der Waals surface area contributed by atoms with Crippen LogP contribution >= 0.6 is 0 Å². The first-order chi connectivity index (χ1) is 10.1. The number of benzene rings is 2.